The fourth-order valence-corrected chi connectivity index (χ4v) is 9.29. The summed E-state index contributed by atoms with van der Waals surface area (Å²) in [6, 6.07) is 17.9. The van der Waals surface area contributed by atoms with Crippen LogP contribution in [0.2, 0.25) is 0 Å². The van der Waals surface area contributed by atoms with E-state index in [9.17, 15) is 56.8 Å². The average molecular weight is 985 g/mol. The molecule has 8 N–H and O–H groups in total. The van der Waals surface area contributed by atoms with E-state index in [2.05, 4.69) is 13.6 Å². The largest absolute Gasteiger partial charge is 0.488 e. The van der Waals surface area contributed by atoms with E-state index in [-0.39, 0.29) is 24.0 Å². The Kier molecular flexibility index (Phi) is 16.5. The van der Waals surface area contributed by atoms with E-state index in [1.165, 1.54) is 18.3 Å². The van der Waals surface area contributed by atoms with Crippen molar-refractivity contribution >= 4 is 42.8 Å². The molecule has 8 atom stereocenters. The van der Waals surface area contributed by atoms with Gasteiger partial charge in [0.05, 0.1) is 11.1 Å². The number of rotatable bonds is 16. The van der Waals surface area contributed by atoms with Crippen LogP contribution >= 0.6 is 30.8 Å². The highest BCUT2D eigenvalue weighted by Gasteiger charge is 2.44. The number of nitrogens with zero attached hydrogens (tertiary/aromatic N) is 2. The van der Waals surface area contributed by atoms with Gasteiger partial charge < -0.3 is 57.8 Å². The molecule has 2 fully saturated rings. The number of ether oxygens (including phenoxy) is 6. The third-order valence-electron chi connectivity index (χ3n) is 8.15. The Bertz CT molecular complexity index is 2720. The molecule has 0 aliphatic carbocycles. The molecule has 2 aliphatic heterocycles. The first-order chi connectivity index (χ1) is 29.9. The van der Waals surface area contributed by atoms with E-state index >= 15 is 0 Å². The maximum Gasteiger partial charge on any atom is 0.488 e. The molecular formula is C32H36N4O24P4. The summed E-state index contributed by atoms with van der Waals surface area (Å²) in [5.74, 6) is -1.48. The van der Waals surface area contributed by atoms with Crippen LogP contribution in [0.15, 0.2) is 104 Å². The Hall–Kier alpha value is -4.82. The summed E-state index contributed by atoms with van der Waals surface area (Å²) in [6.07, 6.45) is -7.72. The van der Waals surface area contributed by atoms with Crippen molar-refractivity contribution in [3.63, 3.8) is 0 Å². The first kappa shape index (κ1) is 50.2. The second kappa shape index (κ2) is 21.0. The lowest BCUT2D eigenvalue weighted by molar-refractivity contribution is -0.148. The van der Waals surface area contributed by atoms with Gasteiger partial charge in [-0.25, -0.2) is 32.6 Å². The van der Waals surface area contributed by atoms with Gasteiger partial charge in [0.2, 0.25) is 0 Å². The van der Waals surface area contributed by atoms with E-state index in [1.54, 1.807) is 48.5 Å². The van der Waals surface area contributed by atoms with Crippen LogP contribution in [-0.4, -0.2) is 97.9 Å². The van der Waals surface area contributed by atoms with Gasteiger partial charge >= 0.3 is 54.2 Å². The summed E-state index contributed by atoms with van der Waals surface area (Å²) in [6.45, 7) is 0. The molecule has 2 aliphatic rings. The summed E-state index contributed by atoms with van der Waals surface area (Å²) in [7, 11) is -20.8. The number of esters is 2. The third-order valence-corrected chi connectivity index (χ3v) is 12.6. The minimum Gasteiger partial charge on any atom is -0.454 e. The van der Waals surface area contributed by atoms with Crippen LogP contribution < -0.4 is 22.5 Å². The zero-order valence-corrected chi connectivity index (χ0v) is 35.7. The lowest BCUT2D eigenvalue weighted by atomic mass is 10.2. The van der Waals surface area contributed by atoms with E-state index in [4.69, 9.17) is 48.0 Å². The smallest absolute Gasteiger partial charge is 0.454 e. The first-order valence-corrected chi connectivity index (χ1v) is 24.3. The Labute approximate surface area is 356 Å². The maximum absolute atomic E-state index is 12.5. The van der Waals surface area contributed by atoms with E-state index in [1.807, 2.05) is 4.98 Å². The number of phosphoric acid groups is 2. The maximum atomic E-state index is 12.5. The second-order valence-electron chi connectivity index (χ2n) is 13.1. The van der Waals surface area contributed by atoms with Gasteiger partial charge in [0, 0.05) is 37.4 Å². The molecule has 2 saturated heterocycles. The normalized spacial score (nSPS) is 22.9. The van der Waals surface area contributed by atoms with Gasteiger partial charge in [-0.05, 0) is 24.3 Å². The van der Waals surface area contributed by atoms with Crippen LogP contribution in [0.3, 0.4) is 0 Å². The molecule has 6 rings (SSSR count). The number of hydrogen-bond acceptors (Lipinski definition) is 18. The minimum atomic E-state index is -5.68. The monoisotopic (exact) mass is 984 g/mol. The zero-order valence-electron chi connectivity index (χ0n) is 32.1. The number of benzene rings is 2. The Morgan fingerprint density at radius 3 is 1.39 bits per heavy atom. The molecule has 28 nitrogen and oxygen atoms in total. The Morgan fingerprint density at radius 2 is 1.02 bits per heavy atom. The molecular weight excluding hydrogens is 948 g/mol. The second-order valence-corrected chi connectivity index (χ2v) is 19.4. The van der Waals surface area contributed by atoms with Crippen LogP contribution in [0.25, 0.3) is 0 Å². The molecule has 4 heterocycles. The van der Waals surface area contributed by atoms with E-state index < -0.39 is 115 Å². The van der Waals surface area contributed by atoms with Crippen LogP contribution in [0.4, 0.5) is 0 Å². The summed E-state index contributed by atoms with van der Waals surface area (Å²) in [5.41, 5.74) is -2.63. The molecule has 0 radical (unpaired) electrons. The molecule has 4 aromatic rings. The zero-order chi connectivity index (χ0) is 47.0. The molecule has 0 saturated carbocycles. The molecule has 0 spiro atoms. The topological polar surface area (TPSA) is 407 Å². The van der Waals surface area contributed by atoms with Crippen molar-refractivity contribution in [2.24, 2.45) is 0 Å². The van der Waals surface area contributed by atoms with Crippen molar-refractivity contribution in [2.45, 2.75) is 50.1 Å². The van der Waals surface area contributed by atoms with E-state index in [0.29, 0.717) is 0 Å². The molecule has 348 valence electrons. The first-order valence-electron chi connectivity index (χ1n) is 17.7. The van der Waals surface area contributed by atoms with Crippen LogP contribution in [0, 0.1) is 0 Å². The SMILES string of the molecule is O=C(O[C@H]1C[C@@H](OCP(=O)(O)O)O[C@H]1n1ccc(=O)[nH]c1=O)c1ccccc1.O=C(O[C@H]1C[C@@H](OCP(=O)(O)OP(=O)(O)OP(=O)(O)O)O[C@H]1n1ccc(=O)[nH]c1=O)c1ccccc1. The number of aromatic nitrogens is 4. The Morgan fingerprint density at radius 1 is 0.609 bits per heavy atom. The van der Waals surface area contributed by atoms with Crippen molar-refractivity contribution in [3.05, 3.63) is 138 Å². The van der Waals surface area contributed by atoms with Crippen LogP contribution in [-0.2, 0) is 55.3 Å². The van der Waals surface area contributed by atoms with Gasteiger partial charge in [0.15, 0.2) is 49.9 Å². The predicted molar refractivity (Wildman–Crippen MR) is 209 cm³/mol. The van der Waals surface area contributed by atoms with Crippen molar-refractivity contribution in [3.8, 4) is 0 Å². The average Bonchev–Trinajstić information content (AvgIpc) is 3.79. The predicted octanol–water partition coefficient (Wildman–Crippen LogP) is 0.552. The highest BCUT2D eigenvalue weighted by molar-refractivity contribution is 7.68. The molecule has 2 unspecified atom stereocenters. The molecule has 2 aromatic carbocycles. The van der Waals surface area contributed by atoms with Crippen LogP contribution in [0.1, 0.15) is 46.0 Å². The lowest BCUT2D eigenvalue weighted by Gasteiger charge is -2.20. The van der Waals surface area contributed by atoms with Gasteiger partial charge in [-0.1, -0.05) is 36.4 Å². The van der Waals surface area contributed by atoms with Crippen molar-refractivity contribution < 1.29 is 94.3 Å². The fourth-order valence-electron chi connectivity index (χ4n) is 5.63. The van der Waals surface area contributed by atoms with Gasteiger partial charge in [-0.2, -0.15) is 4.31 Å². The number of nitrogens with one attached hydrogen (secondary N) is 2. The van der Waals surface area contributed by atoms with Crippen molar-refractivity contribution in [2.75, 3.05) is 12.7 Å². The van der Waals surface area contributed by atoms with Gasteiger partial charge in [-0.15, -0.1) is 0 Å². The number of carbonyl (C=O) groups excluding carboxylic acids is 2. The van der Waals surface area contributed by atoms with Gasteiger partial charge in [-0.3, -0.25) is 37.8 Å². The highest BCUT2D eigenvalue weighted by atomic mass is 31.3. The highest BCUT2D eigenvalue weighted by Crippen LogP contribution is 2.66. The Balaban J connectivity index is 0.000000248. The van der Waals surface area contributed by atoms with Gasteiger partial charge in [0.1, 0.15) is 0 Å². The third kappa shape index (κ3) is 15.1. The summed E-state index contributed by atoms with van der Waals surface area (Å²) >= 11 is 0. The summed E-state index contributed by atoms with van der Waals surface area (Å²) in [4.78, 5) is 130. The number of aromatic amines is 2. The van der Waals surface area contributed by atoms with Gasteiger partial charge in [0.25, 0.3) is 11.1 Å². The number of carbonyl (C=O) groups is 2. The lowest BCUT2D eigenvalue weighted by Crippen LogP contribution is -2.36. The quantitative estimate of drug-likeness (QED) is 0.0561. The van der Waals surface area contributed by atoms with Crippen molar-refractivity contribution in [1.82, 2.24) is 19.1 Å². The summed E-state index contributed by atoms with van der Waals surface area (Å²) in [5, 5.41) is 0. The standard InChI is InChI=1S/C16H19N2O15P3.C16H17N2O9P/c19-12-6-7-18(16(21)17-12)14-11(30-15(20)10-4-2-1-3-5-10)8-13(31-14)29-9-34(22,23)32-36(27,28)33-35(24,25)26;19-12-6-7-18(16(21)17-12)14-11(8-13(27-14)25-9-28(22,23)24)26-15(20)10-4-2-1-3-5-10/h1-7,11,13-14H,8-9H2,(H,22,23)(H,27,28)(H,17,19,21)(H2,24,25,26);1-7,11,13-14H,8-9H2,(H,17,19,21)(H2,22,23,24)/t2*11-,13-,14+/m00/s1. The molecule has 32 heteroatoms. The molecule has 0 amide bonds. The fraction of sp³-hybridized carbons (Fsp3) is 0.312. The van der Waals surface area contributed by atoms with Crippen LogP contribution in [0.5, 0.6) is 0 Å². The van der Waals surface area contributed by atoms with Crippen molar-refractivity contribution in [1.29, 1.82) is 0 Å². The number of H-pyrrole nitrogens is 2. The molecule has 0 bridgehead atoms. The molecule has 64 heavy (non-hydrogen) atoms. The molecule has 2 aromatic heterocycles. The minimum absolute atomic E-state index is 0.0746. The number of hydrogen-bond donors (Lipinski definition) is 8. The summed E-state index contributed by atoms with van der Waals surface area (Å²) < 4.78 is 86.4. The van der Waals surface area contributed by atoms with E-state index in [0.717, 1.165) is 27.5 Å².